The van der Waals surface area contributed by atoms with Gasteiger partial charge in [-0.15, -0.1) is 0 Å². The Balaban J connectivity index is 1.57. The Labute approximate surface area is 172 Å². The SMILES string of the molecule is CN1C(=CC(=O)CSc2nc3ccccc3n2C(F)F)C(C)(C)c2ccccc21. The van der Waals surface area contributed by atoms with Crippen molar-refractivity contribution < 1.29 is 13.6 Å². The largest absolute Gasteiger partial charge is 0.347 e. The Bertz CT molecular complexity index is 1120. The number of allylic oxidation sites excluding steroid dienone is 2. The first-order chi connectivity index (χ1) is 13.8. The van der Waals surface area contributed by atoms with Gasteiger partial charge in [-0.25, -0.2) is 4.98 Å². The average molecular weight is 413 g/mol. The number of hydrogen-bond acceptors (Lipinski definition) is 4. The number of imidazole rings is 1. The molecule has 2 aromatic carbocycles. The first kappa shape index (κ1) is 19.6. The zero-order valence-corrected chi connectivity index (χ0v) is 17.2. The van der Waals surface area contributed by atoms with Crippen molar-refractivity contribution in [2.45, 2.75) is 31.0 Å². The van der Waals surface area contributed by atoms with E-state index in [-0.39, 0.29) is 22.1 Å². The molecule has 1 aromatic heterocycles. The summed E-state index contributed by atoms with van der Waals surface area (Å²) in [4.78, 5) is 19.0. The number of alkyl halides is 2. The highest BCUT2D eigenvalue weighted by Gasteiger charge is 2.38. The van der Waals surface area contributed by atoms with Crippen LogP contribution in [0.15, 0.2) is 65.5 Å². The minimum absolute atomic E-state index is 0.0415. The number of ketones is 1. The molecule has 1 aliphatic rings. The normalized spacial score (nSPS) is 16.8. The van der Waals surface area contributed by atoms with Gasteiger partial charge in [-0.3, -0.25) is 9.36 Å². The number of anilines is 1. The van der Waals surface area contributed by atoms with E-state index in [1.807, 2.05) is 30.1 Å². The van der Waals surface area contributed by atoms with Gasteiger partial charge < -0.3 is 4.90 Å². The molecule has 0 fully saturated rings. The van der Waals surface area contributed by atoms with Crippen molar-refractivity contribution >= 4 is 34.3 Å². The van der Waals surface area contributed by atoms with Gasteiger partial charge in [-0.05, 0) is 23.8 Å². The fourth-order valence-electron chi connectivity index (χ4n) is 3.90. The Hall–Kier alpha value is -2.67. The lowest BCUT2D eigenvalue weighted by molar-refractivity contribution is -0.112. The van der Waals surface area contributed by atoms with Crippen molar-refractivity contribution in [1.29, 1.82) is 0 Å². The van der Waals surface area contributed by atoms with E-state index in [1.165, 1.54) is 0 Å². The standard InChI is InChI=1S/C22H21F2N3OS/c1-22(2)15-8-4-6-10-17(15)26(3)19(22)12-14(28)13-29-21-25-16-9-5-7-11-18(16)27(21)20(23)24/h4-12,20H,13H2,1-3H3. The van der Waals surface area contributed by atoms with E-state index in [2.05, 4.69) is 24.9 Å². The van der Waals surface area contributed by atoms with Gasteiger partial charge in [0, 0.05) is 29.9 Å². The van der Waals surface area contributed by atoms with Crippen molar-refractivity contribution in [3.63, 3.8) is 0 Å². The highest BCUT2D eigenvalue weighted by atomic mass is 32.2. The fraction of sp³-hybridized carbons (Fsp3) is 0.273. The van der Waals surface area contributed by atoms with Crippen LogP contribution in [-0.2, 0) is 10.2 Å². The molecule has 150 valence electrons. The van der Waals surface area contributed by atoms with Crippen LogP contribution in [0, 0.1) is 0 Å². The van der Waals surface area contributed by atoms with E-state index in [9.17, 15) is 13.6 Å². The molecule has 4 rings (SSSR count). The minimum Gasteiger partial charge on any atom is -0.347 e. The monoisotopic (exact) mass is 413 g/mol. The summed E-state index contributed by atoms with van der Waals surface area (Å²) >= 11 is 1.04. The summed E-state index contributed by atoms with van der Waals surface area (Å²) in [7, 11) is 1.94. The molecule has 3 aromatic rings. The van der Waals surface area contributed by atoms with E-state index in [0.29, 0.717) is 11.0 Å². The molecule has 0 radical (unpaired) electrons. The van der Waals surface area contributed by atoms with Gasteiger partial charge in [-0.2, -0.15) is 8.78 Å². The van der Waals surface area contributed by atoms with Gasteiger partial charge in [0.15, 0.2) is 10.9 Å². The van der Waals surface area contributed by atoms with E-state index < -0.39 is 6.55 Å². The van der Waals surface area contributed by atoms with Crippen molar-refractivity contribution in [2.75, 3.05) is 17.7 Å². The number of para-hydroxylation sites is 3. The van der Waals surface area contributed by atoms with E-state index in [1.54, 1.807) is 30.3 Å². The van der Waals surface area contributed by atoms with Crippen molar-refractivity contribution in [3.05, 3.63) is 65.9 Å². The molecule has 4 nitrogen and oxygen atoms in total. The summed E-state index contributed by atoms with van der Waals surface area (Å²) in [6.45, 7) is 1.45. The van der Waals surface area contributed by atoms with Gasteiger partial charge in [0.25, 0.3) is 0 Å². The summed E-state index contributed by atoms with van der Waals surface area (Å²) in [6.07, 6.45) is 1.63. The quantitative estimate of drug-likeness (QED) is 0.414. The average Bonchev–Trinajstić information content (AvgIpc) is 3.16. The third-order valence-corrected chi connectivity index (χ3v) is 6.32. The number of rotatable bonds is 5. The van der Waals surface area contributed by atoms with Crippen LogP contribution in [0.3, 0.4) is 0 Å². The molecule has 0 aliphatic carbocycles. The van der Waals surface area contributed by atoms with Gasteiger partial charge in [-0.1, -0.05) is 55.9 Å². The van der Waals surface area contributed by atoms with E-state index in [4.69, 9.17) is 0 Å². The van der Waals surface area contributed by atoms with Gasteiger partial charge in [0.2, 0.25) is 0 Å². The minimum atomic E-state index is -2.72. The highest BCUT2D eigenvalue weighted by molar-refractivity contribution is 7.99. The lowest BCUT2D eigenvalue weighted by Crippen LogP contribution is -2.24. The number of carbonyl (C=O) groups is 1. The first-order valence-electron chi connectivity index (χ1n) is 9.27. The molecule has 1 aliphatic heterocycles. The van der Waals surface area contributed by atoms with Crippen LogP contribution in [0.2, 0.25) is 0 Å². The number of thioether (sulfide) groups is 1. The number of hydrogen-bond donors (Lipinski definition) is 0. The Morgan fingerprint density at radius 1 is 1.17 bits per heavy atom. The van der Waals surface area contributed by atoms with Gasteiger partial charge in [0.1, 0.15) is 0 Å². The number of aromatic nitrogens is 2. The molecule has 0 N–H and O–H groups in total. The number of benzene rings is 2. The molecule has 2 heterocycles. The maximum atomic E-state index is 13.6. The third-order valence-electron chi connectivity index (χ3n) is 5.34. The lowest BCUT2D eigenvalue weighted by Gasteiger charge is -2.23. The van der Waals surface area contributed by atoms with Crippen molar-refractivity contribution in [2.24, 2.45) is 0 Å². The van der Waals surface area contributed by atoms with Crippen LogP contribution < -0.4 is 4.90 Å². The van der Waals surface area contributed by atoms with Crippen molar-refractivity contribution in [1.82, 2.24) is 9.55 Å². The summed E-state index contributed by atoms with van der Waals surface area (Å²) in [5.41, 5.74) is 3.68. The molecule has 29 heavy (non-hydrogen) atoms. The van der Waals surface area contributed by atoms with Crippen LogP contribution in [0.25, 0.3) is 11.0 Å². The molecule has 0 unspecified atom stereocenters. The van der Waals surface area contributed by atoms with Crippen molar-refractivity contribution in [3.8, 4) is 0 Å². The van der Waals surface area contributed by atoms with E-state index >= 15 is 0 Å². The van der Waals surface area contributed by atoms with Gasteiger partial charge >= 0.3 is 6.55 Å². The summed E-state index contributed by atoms with van der Waals surface area (Å²) < 4.78 is 28.0. The summed E-state index contributed by atoms with van der Waals surface area (Å²) in [6, 6.07) is 14.8. The second-order valence-electron chi connectivity index (χ2n) is 7.52. The Morgan fingerprint density at radius 3 is 2.59 bits per heavy atom. The zero-order valence-electron chi connectivity index (χ0n) is 16.4. The smallest absolute Gasteiger partial charge is 0.321 e. The number of likely N-dealkylation sites (N-methyl/N-ethyl adjacent to an activating group) is 1. The molecule has 0 amide bonds. The Kier molecular flexibility index (Phi) is 4.94. The molecule has 0 atom stereocenters. The number of fused-ring (bicyclic) bond motifs is 2. The third kappa shape index (κ3) is 3.33. The maximum Gasteiger partial charge on any atom is 0.321 e. The van der Waals surface area contributed by atoms with Crippen LogP contribution in [0.1, 0.15) is 26.0 Å². The molecular formula is C22H21F2N3OS. The molecule has 0 saturated carbocycles. The molecule has 0 bridgehead atoms. The zero-order chi connectivity index (χ0) is 20.8. The van der Waals surface area contributed by atoms with Crippen LogP contribution in [-0.4, -0.2) is 28.1 Å². The molecule has 7 heteroatoms. The molecular weight excluding hydrogens is 392 g/mol. The maximum absolute atomic E-state index is 13.6. The number of halogens is 2. The van der Waals surface area contributed by atoms with E-state index in [0.717, 1.165) is 33.3 Å². The predicted molar refractivity (Wildman–Crippen MR) is 113 cm³/mol. The van der Waals surface area contributed by atoms with Crippen LogP contribution in [0.5, 0.6) is 0 Å². The fourth-order valence-corrected chi connectivity index (χ4v) is 4.74. The highest BCUT2D eigenvalue weighted by Crippen LogP contribution is 2.46. The summed E-state index contributed by atoms with van der Waals surface area (Å²) in [5.74, 6) is -0.0922. The predicted octanol–water partition coefficient (Wildman–Crippen LogP) is 5.40. The second-order valence-corrected chi connectivity index (χ2v) is 8.46. The molecule has 0 saturated heterocycles. The number of carbonyl (C=O) groups excluding carboxylic acids is 1. The lowest BCUT2D eigenvalue weighted by atomic mass is 9.83. The van der Waals surface area contributed by atoms with Crippen LogP contribution >= 0.6 is 11.8 Å². The molecule has 0 spiro atoms. The van der Waals surface area contributed by atoms with Crippen LogP contribution in [0.4, 0.5) is 14.5 Å². The topological polar surface area (TPSA) is 38.1 Å². The second kappa shape index (κ2) is 7.30. The Morgan fingerprint density at radius 2 is 1.86 bits per heavy atom. The summed E-state index contributed by atoms with van der Waals surface area (Å²) in [5, 5.41) is 0.148. The first-order valence-corrected chi connectivity index (χ1v) is 10.3. The van der Waals surface area contributed by atoms with Gasteiger partial charge in [0.05, 0.1) is 16.8 Å². The number of nitrogens with zero attached hydrogens (tertiary/aromatic N) is 3.